The lowest BCUT2D eigenvalue weighted by Gasteiger charge is -2.04. The highest BCUT2D eigenvalue weighted by atomic mass is 16.5. The van der Waals surface area contributed by atoms with Crippen LogP contribution in [0.2, 0.25) is 0 Å². The molecule has 0 saturated carbocycles. The molecule has 0 amide bonds. The number of carboxylic acid groups (broad SMARTS) is 1. The molecule has 41 heavy (non-hydrogen) atoms. The third-order valence-electron chi connectivity index (χ3n) is 7.79. The minimum absolute atomic E-state index is 0.300. The Morgan fingerprint density at radius 1 is 0.537 bits per heavy atom. The Balaban J connectivity index is 0. The number of hydrogen-bond acceptors (Lipinski definition) is 3. The van der Waals surface area contributed by atoms with Crippen LogP contribution in [-0.2, 0) is 14.3 Å². The quantitative estimate of drug-likeness (QED) is 0.0505. The van der Waals surface area contributed by atoms with Crippen molar-refractivity contribution in [2.24, 2.45) is 0 Å². The van der Waals surface area contributed by atoms with Gasteiger partial charge in [0.1, 0.15) is 0 Å². The van der Waals surface area contributed by atoms with Crippen LogP contribution in [0.25, 0.3) is 0 Å². The number of carbonyl (C=O) groups is 2. The number of aliphatic carboxylic acids is 1. The average Bonchev–Trinajstić information content (AvgIpc) is 2.97. The van der Waals surface area contributed by atoms with Gasteiger partial charge in [0.25, 0.3) is 0 Å². The van der Waals surface area contributed by atoms with Gasteiger partial charge in [-0.2, -0.15) is 0 Å². The largest absolute Gasteiger partial charge is 0.478 e. The predicted octanol–water partition coefficient (Wildman–Crippen LogP) is 12.3. The van der Waals surface area contributed by atoms with Gasteiger partial charge in [-0.25, -0.2) is 9.59 Å². The molecule has 242 valence electrons. The molecule has 0 fully saturated rings. The van der Waals surface area contributed by atoms with E-state index in [1.807, 2.05) is 0 Å². The fraction of sp³-hybridized carbons (Fsp3) is 0.838. The van der Waals surface area contributed by atoms with Crippen molar-refractivity contribution in [1.29, 1.82) is 0 Å². The number of unbranched alkanes of at least 4 members (excludes halogenated alkanes) is 25. The highest BCUT2D eigenvalue weighted by Gasteiger charge is 2.02. The lowest BCUT2D eigenvalue weighted by atomic mass is 10.0. The van der Waals surface area contributed by atoms with Gasteiger partial charge < -0.3 is 9.84 Å². The second-order valence-electron chi connectivity index (χ2n) is 11.9. The number of esters is 1. The van der Waals surface area contributed by atoms with Gasteiger partial charge in [0.05, 0.1) is 6.61 Å². The van der Waals surface area contributed by atoms with Crippen LogP contribution >= 0.6 is 0 Å². The van der Waals surface area contributed by atoms with Gasteiger partial charge >= 0.3 is 11.9 Å². The fourth-order valence-electron chi connectivity index (χ4n) is 4.99. The van der Waals surface area contributed by atoms with E-state index >= 15 is 0 Å². The number of carbonyl (C=O) groups excluding carboxylic acids is 1. The number of hydrogen-bond donors (Lipinski definition) is 1. The first-order valence-electron chi connectivity index (χ1n) is 17.7. The lowest BCUT2D eigenvalue weighted by Crippen LogP contribution is -2.01. The van der Waals surface area contributed by atoms with Crippen LogP contribution in [0.4, 0.5) is 0 Å². The maximum atomic E-state index is 10.8. The van der Waals surface area contributed by atoms with Crippen LogP contribution in [0.5, 0.6) is 0 Å². The summed E-state index contributed by atoms with van der Waals surface area (Å²) in [4.78, 5) is 21.3. The molecule has 0 saturated heterocycles. The molecule has 0 bridgehead atoms. The Labute approximate surface area is 256 Å². The van der Waals surface area contributed by atoms with Crippen LogP contribution in [0, 0.1) is 0 Å². The highest BCUT2D eigenvalue weighted by molar-refractivity contribution is 5.85. The second-order valence-corrected chi connectivity index (χ2v) is 11.9. The number of carboxylic acids is 1. The van der Waals surface area contributed by atoms with Crippen LogP contribution in [0.3, 0.4) is 0 Å². The normalized spacial score (nSPS) is 10.6. The van der Waals surface area contributed by atoms with Crippen LogP contribution in [0.15, 0.2) is 24.8 Å². The highest BCUT2D eigenvalue weighted by Crippen LogP contribution is 2.15. The molecule has 0 rings (SSSR count). The van der Waals surface area contributed by atoms with Gasteiger partial charge in [0.15, 0.2) is 0 Å². The monoisotopic (exact) mass is 579 g/mol. The lowest BCUT2D eigenvalue weighted by molar-refractivity contribution is -0.138. The zero-order valence-corrected chi connectivity index (χ0v) is 27.7. The maximum Gasteiger partial charge on any atom is 0.330 e. The van der Waals surface area contributed by atoms with Crippen LogP contribution in [0.1, 0.15) is 194 Å². The van der Waals surface area contributed by atoms with Crippen molar-refractivity contribution >= 4 is 11.9 Å². The summed E-state index contributed by atoms with van der Waals surface area (Å²) in [6.45, 7) is 12.0. The molecular formula is C37H70O4. The summed E-state index contributed by atoms with van der Waals surface area (Å²) in [6, 6.07) is 0. The van der Waals surface area contributed by atoms with Gasteiger partial charge in [0, 0.05) is 11.6 Å². The van der Waals surface area contributed by atoms with Crippen LogP contribution < -0.4 is 0 Å². The Morgan fingerprint density at radius 3 is 1.12 bits per heavy atom. The minimum Gasteiger partial charge on any atom is -0.478 e. The fourth-order valence-corrected chi connectivity index (χ4v) is 4.99. The van der Waals surface area contributed by atoms with Crippen molar-refractivity contribution in [3.8, 4) is 0 Å². The first-order valence-corrected chi connectivity index (χ1v) is 17.7. The zero-order valence-electron chi connectivity index (χ0n) is 27.7. The van der Waals surface area contributed by atoms with Gasteiger partial charge in [-0.05, 0) is 19.3 Å². The van der Waals surface area contributed by atoms with E-state index in [2.05, 4.69) is 27.0 Å². The van der Waals surface area contributed by atoms with Gasteiger partial charge in [-0.15, -0.1) is 0 Å². The molecule has 0 aromatic rings. The molecule has 0 aromatic heterocycles. The van der Waals surface area contributed by atoms with Crippen molar-refractivity contribution in [1.82, 2.24) is 0 Å². The minimum atomic E-state index is -0.845. The molecule has 0 atom stereocenters. The summed E-state index contributed by atoms with van der Waals surface area (Å²) >= 11 is 0. The zero-order chi connectivity index (χ0) is 30.7. The Bertz CT molecular complexity index is 583. The standard InChI is InChI=1S/C21H40O2.C16H30O2/c1-3-5-6-7-8-9-10-11-12-13-14-15-16-17-18-19-20-23-21(22)4-2;1-3-4-5-6-7-8-9-10-11-12-13-14-15(2)16(17)18/h4H,2-3,5-20H2,1H3;2-14H2,1H3,(H,17,18). The second kappa shape index (κ2) is 36.4. The van der Waals surface area contributed by atoms with Gasteiger partial charge in [-0.3, -0.25) is 0 Å². The number of rotatable bonds is 31. The van der Waals surface area contributed by atoms with Crippen molar-refractivity contribution < 1.29 is 19.4 Å². The summed E-state index contributed by atoms with van der Waals surface area (Å²) < 4.78 is 4.95. The van der Waals surface area contributed by atoms with E-state index in [0.29, 0.717) is 18.6 Å². The molecule has 0 aliphatic carbocycles. The molecule has 1 N–H and O–H groups in total. The van der Waals surface area contributed by atoms with E-state index in [4.69, 9.17) is 9.84 Å². The third kappa shape index (κ3) is 38.4. The topological polar surface area (TPSA) is 63.6 Å². The average molecular weight is 579 g/mol. The van der Waals surface area contributed by atoms with E-state index in [9.17, 15) is 9.59 Å². The number of ether oxygens (including phenoxy) is 1. The summed E-state index contributed by atoms with van der Waals surface area (Å²) in [5.74, 6) is -1.15. The smallest absolute Gasteiger partial charge is 0.330 e. The SMILES string of the molecule is C=C(CCCCCCCCCCCCC)C(=O)O.C=CC(=O)OCCCCCCCCCCCCCCCCCC. The predicted molar refractivity (Wildman–Crippen MR) is 179 cm³/mol. The Hall–Kier alpha value is -1.58. The van der Waals surface area contributed by atoms with E-state index in [1.165, 1.54) is 160 Å². The maximum absolute atomic E-state index is 10.8. The molecule has 4 heteroatoms. The molecule has 0 radical (unpaired) electrons. The van der Waals surface area contributed by atoms with Crippen LogP contribution in [-0.4, -0.2) is 23.7 Å². The summed E-state index contributed by atoms with van der Waals surface area (Å²) in [6.07, 6.45) is 37.9. The molecule has 0 aromatic carbocycles. The van der Waals surface area contributed by atoms with Crippen molar-refractivity contribution in [2.75, 3.05) is 6.61 Å². The molecule has 0 aliphatic heterocycles. The first kappa shape index (κ1) is 41.6. The van der Waals surface area contributed by atoms with Gasteiger partial charge in [0.2, 0.25) is 0 Å². The molecule has 0 heterocycles. The first-order chi connectivity index (χ1) is 20.0. The van der Waals surface area contributed by atoms with Crippen molar-refractivity contribution in [3.05, 3.63) is 24.8 Å². The molecule has 0 spiro atoms. The molecule has 0 aliphatic rings. The van der Waals surface area contributed by atoms with Crippen molar-refractivity contribution in [3.63, 3.8) is 0 Å². The summed E-state index contributed by atoms with van der Waals surface area (Å²) in [5, 5.41) is 8.64. The summed E-state index contributed by atoms with van der Waals surface area (Å²) in [7, 11) is 0. The molecular weight excluding hydrogens is 508 g/mol. The Morgan fingerprint density at radius 2 is 0.829 bits per heavy atom. The molecule has 4 nitrogen and oxygen atoms in total. The van der Waals surface area contributed by atoms with E-state index in [0.717, 1.165) is 19.3 Å². The van der Waals surface area contributed by atoms with E-state index < -0.39 is 5.97 Å². The third-order valence-corrected chi connectivity index (χ3v) is 7.79. The van der Waals surface area contributed by atoms with E-state index in [1.54, 1.807) is 0 Å². The van der Waals surface area contributed by atoms with Gasteiger partial charge in [-0.1, -0.05) is 188 Å². The Kier molecular flexibility index (Phi) is 36.9. The van der Waals surface area contributed by atoms with E-state index in [-0.39, 0.29) is 5.97 Å². The van der Waals surface area contributed by atoms with Crippen molar-refractivity contribution in [2.45, 2.75) is 194 Å². The molecule has 0 unspecified atom stereocenters. The summed E-state index contributed by atoms with van der Waals surface area (Å²) in [5.41, 5.74) is 0.353.